The first-order valence-corrected chi connectivity index (χ1v) is 7.53. The number of carbonyl (C=O) groups excluding carboxylic acids is 2. The molecule has 24 heavy (non-hydrogen) atoms. The van der Waals surface area contributed by atoms with E-state index in [-0.39, 0.29) is 24.2 Å². The molecule has 0 saturated heterocycles. The number of nitrogens with zero attached hydrogens (tertiary/aromatic N) is 1. The average molecular weight is 329 g/mol. The van der Waals surface area contributed by atoms with Crippen LogP contribution in [-0.2, 0) is 16.1 Å². The van der Waals surface area contributed by atoms with Gasteiger partial charge in [-0.1, -0.05) is 18.2 Å². The minimum absolute atomic E-state index is 0.167. The number of carbonyl (C=O) groups is 2. The third kappa shape index (κ3) is 5.81. The Morgan fingerprint density at radius 1 is 1.04 bits per heavy atom. The first kappa shape index (κ1) is 17.6. The molecule has 0 spiro atoms. The van der Waals surface area contributed by atoms with E-state index >= 15 is 0 Å². The molecule has 6 heteroatoms. The zero-order chi connectivity index (χ0) is 17.5. The minimum Gasteiger partial charge on any atom is -0.326 e. The Bertz CT molecular complexity index is 716. The molecule has 0 aliphatic heterocycles. The summed E-state index contributed by atoms with van der Waals surface area (Å²) in [5, 5.41) is 5.45. The molecule has 2 aromatic rings. The van der Waals surface area contributed by atoms with Crippen molar-refractivity contribution in [2.24, 2.45) is 0 Å². The van der Waals surface area contributed by atoms with Gasteiger partial charge >= 0.3 is 0 Å². The molecule has 2 N–H and O–H groups in total. The summed E-state index contributed by atoms with van der Waals surface area (Å²) in [6.07, 6.45) is 0. The van der Waals surface area contributed by atoms with Crippen LogP contribution in [0.2, 0.25) is 0 Å². The molecule has 0 radical (unpaired) electrons. The van der Waals surface area contributed by atoms with Crippen LogP contribution in [0.5, 0.6) is 0 Å². The van der Waals surface area contributed by atoms with E-state index in [9.17, 15) is 14.0 Å². The van der Waals surface area contributed by atoms with E-state index in [1.165, 1.54) is 19.1 Å². The third-order valence-corrected chi connectivity index (χ3v) is 3.25. The number of nitrogens with one attached hydrogen (secondary N) is 2. The molecule has 126 valence electrons. The number of halogens is 1. The van der Waals surface area contributed by atoms with E-state index in [1.807, 2.05) is 11.9 Å². The number of amides is 2. The highest BCUT2D eigenvalue weighted by Crippen LogP contribution is 2.15. The number of rotatable bonds is 6. The van der Waals surface area contributed by atoms with E-state index < -0.39 is 0 Å². The highest BCUT2D eigenvalue weighted by molar-refractivity contribution is 5.94. The van der Waals surface area contributed by atoms with Gasteiger partial charge < -0.3 is 10.6 Å². The van der Waals surface area contributed by atoms with Crippen LogP contribution in [0.15, 0.2) is 48.5 Å². The van der Waals surface area contributed by atoms with Crippen LogP contribution < -0.4 is 10.6 Å². The Morgan fingerprint density at radius 3 is 2.29 bits per heavy atom. The molecule has 0 saturated carbocycles. The number of anilines is 2. The number of hydrogen-bond donors (Lipinski definition) is 2. The molecule has 0 aliphatic rings. The smallest absolute Gasteiger partial charge is 0.238 e. The topological polar surface area (TPSA) is 61.4 Å². The van der Waals surface area contributed by atoms with E-state index in [4.69, 9.17) is 0 Å². The summed E-state index contributed by atoms with van der Waals surface area (Å²) in [4.78, 5) is 25.0. The number of hydrogen-bond acceptors (Lipinski definition) is 3. The summed E-state index contributed by atoms with van der Waals surface area (Å²) in [7, 11) is 1.82. The molecule has 0 fully saturated rings. The Labute approximate surface area is 140 Å². The van der Waals surface area contributed by atoms with Crippen LogP contribution in [0.4, 0.5) is 15.8 Å². The lowest BCUT2D eigenvalue weighted by Crippen LogP contribution is -2.29. The van der Waals surface area contributed by atoms with Gasteiger partial charge in [-0.15, -0.1) is 0 Å². The molecule has 0 bridgehead atoms. The van der Waals surface area contributed by atoms with Gasteiger partial charge in [0.15, 0.2) is 0 Å². The third-order valence-electron chi connectivity index (χ3n) is 3.25. The SMILES string of the molecule is CC(=O)Nc1cccc(NC(=O)CN(C)Cc2ccc(F)cc2)c1. The fraction of sp³-hybridized carbons (Fsp3) is 0.222. The highest BCUT2D eigenvalue weighted by atomic mass is 19.1. The number of benzene rings is 2. The van der Waals surface area contributed by atoms with Gasteiger partial charge in [0.2, 0.25) is 11.8 Å². The van der Waals surface area contributed by atoms with Crippen molar-refractivity contribution in [2.45, 2.75) is 13.5 Å². The van der Waals surface area contributed by atoms with Crippen molar-refractivity contribution in [3.05, 3.63) is 59.9 Å². The van der Waals surface area contributed by atoms with Crippen molar-refractivity contribution in [3.63, 3.8) is 0 Å². The second-order valence-corrected chi connectivity index (χ2v) is 5.61. The quantitative estimate of drug-likeness (QED) is 0.857. The van der Waals surface area contributed by atoms with Gasteiger partial charge in [0.25, 0.3) is 0 Å². The maximum Gasteiger partial charge on any atom is 0.238 e. The predicted molar refractivity (Wildman–Crippen MR) is 92.1 cm³/mol. The fourth-order valence-electron chi connectivity index (χ4n) is 2.28. The summed E-state index contributed by atoms with van der Waals surface area (Å²) in [5.74, 6) is -0.615. The molecule has 2 amide bonds. The lowest BCUT2D eigenvalue weighted by Gasteiger charge is -2.16. The lowest BCUT2D eigenvalue weighted by molar-refractivity contribution is -0.117. The van der Waals surface area contributed by atoms with Crippen LogP contribution in [0.25, 0.3) is 0 Å². The maximum atomic E-state index is 12.9. The maximum absolute atomic E-state index is 12.9. The Hall–Kier alpha value is -2.73. The molecule has 0 atom stereocenters. The molecule has 5 nitrogen and oxygen atoms in total. The van der Waals surface area contributed by atoms with Gasteiger partial charge in [0.05, 0.1) is 6.54 Å². The zero-order valence-corrected chi connectivity index (χ0v) is 13.7. The van der Waals surface area contributed by atoms with Crippen molar-refractivity contribution in [3.8, 4) is 0 Å². The second kappa shape index (κ2) is 8.21. The molecule has 0 heterocycles. The van der Waals surface area contributed by atoms with Crippen LogP contribution in [-0.4, -0.2) is 30.3 Å². The van der Waals surface area contributed by atoms with E-state index in [1.54, 1.807) is 36.4 Å². The number of likely N-dealkylation sites (N-methyl/N-ethyl adjacent to an activating group) is 1. The summed E-state index contributed by atoms with van der Waals surface area (Å²) >= 11 is 0. The Kier molecular flexibility index (Phi) is 6.03. The van der Waals surface area contributed by atoms with Crippen LogP contribution in [0.3, 0.4) is 0 Å². The van der Waals surface area contributed by atoms with Gasteiger partial charge in [-0.05, 0) is 42.9 Å². The molecule has 0 aliphatic carbocycles. The van der Waals surface area contributed by atoms with Crippen molar-refractivity contribution in [2.75, 3.05) is 24.2 Å². The largest absolute Gasteiger partial charge is 0.326 e. The molecule has 0 aromatic heterocycles. The average Bonchev–Trinajstić information content (AvgIpc) is 2.49. The standard InChI is InChI=1S/C18H20FN3O2/c1-13(23)20-16-4-3-5-17(10-16)21-18(24)12-22(2)11-14-6-8-15(19)9-7-14/h3-10H,11-12H2,1-2H3,(H,20,23)(H,21,24). The fourth-order valence-corrected chi connectivity index (χ4v) is 2.28. The molecule has 2 aromatic carbocycles. The second-order valence-electron chi connectivity index (χ2n) is 5.61. The highest BCUT2D eigenvalue weighted by Gasteiger charge is 2.08. The first-order valence-electron chi connectivity index (χ1n) is 7.53. The Balaban J connectivity index is 1.88. The van der Waals surface area contributed by atoms with E-state index in [2.05, 4.69) is 10.6 Å². The van der Waals surface area contributed by atoms with Gasteiger partial charge in [0, 0.05) is 24.8 Å². The van der Waals surface area contributed by atoms with Crippen LogP contribution in [0, 0.1) is 5.82 Å². The normalized spacial score (nSPS) is 10.5. The van der Waals surface area contributed by atoms with Crippen molar-refractivity contribution >= 4 is 23.2 Å². The lowest BCUT2D eigenvalue weighted by atomic mass is 10.2. The molecule has 0 unspecified atom stereocenters. The van der Waals surface area contributed by atoms with Gasteiger partial charge in [0.1, 0.15) is 5.82 Å². The van der Waals surface area contributed by atoms with E-state index in [0.29, 0.717) is 17.9 Å². The molecular formula is C18H20FN3O2. The van der Waals surface area contributed by atoms with Gasteiger partial charge in [-0.2, -0.15) is 0 Å². The summed E-state index contributed by atoms with van der Waals surface area (Å²) < 4.78 is 12.9. The zero-order valence-electron chi connectivity index (χ0n) is 13.7. The first-order chi connectivity index (χ1) is 11.4. The van der Waals surface area contributed by atoms with Gasteiger partial charge in [-0.3, -0.25) is 14.5 Å². The van der Waals surface area contributed by atoms with Crippen LogP contribution >= 0.6 is 0 Å². The van der Waals surface area contributed by atoms with Gasteiger partial charge in [-0.25, -0.2) is 4.39 Å². The van der Waals surface area contributed by atoms with Crippen molar-refractivity contribution in [1.29, 1.82) is 0 Å². The van der Waals surface area contributed by atoms with E-state index in [0.717, 1.165) is 5.56 Å². The molecule has 2 rings (SSSR count). The summed E-state index contributed by atoms with van der Waals surface area (Å²) in [5.41, 5.74) is 2.17. The molecular weight excluding hydrogens is 309 g/mol. The summed E-state index contributed by atoms with van der Waals surface area (Å²) in [6, 6.07) is 13.1. The minimum atomic E-state index is -0.279. The van der Waals surface area contributed by atoms with Crippen LogP contribution in [0.1, 0.15) is 12.5 Å². The monoisotopic (exact) mass is 329 g/mol. The Morgan fingerprint density at radius 2 is 1.67 bits per heavy atom. The summed E-state index contributed by atoms with van der Waals surface area (Å²) in [6.45, 7) is 2.16. The van der Waals surface area contributed by atoms with Crippen molar-refractivity contribution in [1.82, 2.24) is 4.90 Å². The van der Waals surface area contributed by atoms with Crippen molar-refractivity contribution < 1.29 is 14.0 Å². The predicted octanol–water partition coefficient (Wildman–Crippen LogP) is 2.85.